The Morgan fingerprint density at radius 2 is 1.45 bits per heavy atom. The van der Waals surface area contributed by atoms with Crippen LogP contribution in [0.15, 0.2) is 78.9 Å². The minimum Gasteiger partial charge on any atom is -0.324 e. The van der Waals surface area contributed by atoms with Crippen molar-refractivity contribution in [2.45, 2.75) is 20.0 Å². The van der Waals surface area contributed by atoms with Crippen LogP contribution >= 0.6 is 0 Å². The number of carbonyl (C=O) groups is 1. The van der Waals surface area contributed by atoms with Gasteiger partial charge in [0, 0.05) is 19.2 Å². The number of nitro benzene ring substituents is 1. The molecule has 1 N–H and O–H groups in total. The lowest BCUT2D eigenvalue weighted by Gasteiger charge is -2.22. The summed E-state index contributed by atoms with van der Waals surface area (Å²) in [5.74, 6) is -0.208. The minimum absolute atomic E-state index is 0.00627. The normalized spacial score (nSPS) is 10.7. The molecule has 0 heterocycles. The van der Waals surface area contributed by atoms with Crippen LogP contribution in [0.25, 0.3) is 0 Å². The molecule has 0 saturated heterocycles. The number of nitrogens with zero attached hydrogens (tertiary/aromatic N) is 2. The van der Waals surface area contributed by atoms with Gasteiger partial charge in [-0.05, 0) is 24.1 Å². The molecular formula is C23H23N3O3. The highest BCUT2D eigenvalue weighted by Crippen LogP contribution is 2.25. The molecule has 0 aromatic heterocycles. The van der Waals surface area contributed by atoms with Gasteiger partial charge in [0.1, 0.15) is 0 Å². The van der Waals surface area contributed by atoms with Gasteiger partial charge in [-0.2, -0.15) is 0 Å². The third-order valence-electron chi connectivity index (χ3n) is 4.64. The molecule has 0 saturated carbocycles. The SMILES string of the molecule is Cc1c(NC(=O)CN(Cc2ccccc2)Cc2ccccc2)cccc1[N+](=O)[O-]. The molecule has 0 aliphatic carbocycles. The summed E-state index contributed by atoms with van der Waals surface area (Å²) >= 11 is 0. The second-order valence-electron chi connectivity index (χ2n) is 6.87. The average Bonchev–Trinajstić information content (AvgIpc) is 2.71. The summed E-state index contributed by atoms with van der Waals surface area (Å²) in [6.07, 6.45) is 0. The molecule has 1 amide bonds. The molecule has 0 atom stereocenters. The van der Waals surface area contributed by atoms with E-state index in [4.69, 9.17) is 0 Å². The van der Waals surface area contributed by atoms with Crippen molar-refractivity contribution in [1.82, 2.24) is 4.90 Å². The maximum Gasteiger partial charge on any atom is 0.274 e. The highest BCUT2D eigenvalue weighted by atomic mass is 16.6. The van der Waals surface area contributed by atoms with E-state index in [1.165, 1.54) is 6.07 Å². The second kappa shape index (κ2) is 9.61. The van der Waals surface area contributed by atoms with Gasteiger partial charge in [-0.3, -0.25) is 19.8 Å². The van der Waals surface area contributed by atoms with Gasteiger partial charge in [0.25, 0.3) is 5.69 Å². The van der Waals surface area contributed by atoms with E-state index in [9.17, 15) is 14.9 Å². The topological polar surface area (TPSA) is 75.5 Å². The number of rotatable bonds is 8. The predicted octanol–water partition coefficient (Wildman–Crippen LogP) is 4.54. The van der Waals surface area contributed by atoms with Gasteiger partial charge in [-0.15, -0.1) is 0 Å². The Kier molecular flexibility index (Phi) is 6.71. The molecule has 0 aliphatic heterocycles. The van der Waals surface area contributed by atoms with Crippen LogP contribution in [0.1, 0.15) is 16.7 Å². The van der Waals surface area contributed by atoms with Gasteiger partial charge in [0.15, 0.2) is 0 Å². The Morgan fingerprint density at radius 3 is 1.97 bits per heavy atom. The van der Waals surface area contributed by atoms with Gasteiger partial charge in [-0.1, -0.05) is 66.7 Å². The number of carbonyl (C=O) groups excluding carboxylic acids is 1. The van der Waals surface area contributed by atoms with Crippen LogP contribution in [-0.2, 0) is 17.9 Å². The fraction of sp³-hybridized carbons (Fsp3) is 0.174. The monoisotopic (exact) mass is 389 g/mol. The molecule has 0 aliphatic rings. The van der Waals surface area contributed by atoms with Gasteiger partial charge in [-0.25, -0.2) is 0 Å². The van der Waals surface area contributed by atoms with E-state index in [1.54, 1.807) is 19.1 Å². The van der Waals surface area contributed by atoms with E-state index in [0.717, 1.165) is 11.1 Å². The van der Waals surface area contributed by atoms with Gasteiger partial charge >= 0.3 is 0 Å². The second-order valence-corrected chi connectivity index (χ2v) is 6.87. The maximum absolute atomic E-state index is 12.7. The Hall–Kier alpha value is -3.51. The number of hydrogen-bond acceptors (Lipinski definition) is 4. The zero-order valence-corrected chi connectivity index (χ0v) is 16.2. The average molecular weight is 389 g/mol. The summed E-state index contributed by atoms with van der Waals surface area (Å²) in [5, 5.41) is 14.0. The molecule has 0 fully saturated rings. The van der Waals surface area contributed by atoms with E-state index in [-0.39, 0.29) is 18.1 Å². The number of nitro groups is 1. The van der Waals surface area contributed by atoms with E-state index in [0.29, 0.717) is 24.3 Å². The molecule has 0 spiro atoms. The Bertz CT molecular complexity index is 934. The minimum atomic E-state index is -0.442. The first kappa shape index (κ1) is 20.2. The molecule has 29 heavy (non-hydrogen) atoms. The van der Waals surface area contributed by atoms with Crippen molar-refractivity contribution in [3.8, 4) is 0 Å². The van der Waals surface area contributed by atoms with Crippen LogP contribution in [0.5, 0.6) is 0 Å². The predicted molar refractivity (Wildman–Crippen MR) is 113 cm³/mol. The van der Waals surface area contributed by atoms with E-state index in [2.05, 4.69) is 5.32 Å². The molecular weight excluding hydrogens is 366 g/mol. The Labute approximate surface area is 169 Å². The summed E-state index contributed by atoms with van der Waals surface area (Å²) in [4.78, 5) is 25.4. The van der Waals surface area contributed by atoms with Gasteiger partial charge < -0.3 is 5.32 Å². The van der Waals surface area contributed by atoms with Crippen LogP contribution in [0.3, 0.4) is 0 Å². The van der Waals surface area contributed by atoms with Crippen LogP contribution < -0.4 is 5.32 Å². The summed E-state index contributed by atoms with van der Waals surface area (Å²) in [7, 11) is 0. The van der Waals surface area contributed by atoms with Crippen LogP contribution in [0, 0.1) is 17.0 Å². The molecule has 6 heteroatoms. The molecule has 148 valence electrons. The molecule has 0 radical (unpaired) electrons. The fourth-order valence-corrected chi connectivity index (χ4v) is 3.20. The number of anilines is 1. The zero-order valence-electron chi connectivity index (χ0n) is 16.2. The third kappa shape index (κ3) is 5.73. The lowest BCUT2D eigenvalue weighted by atomic mass is 10.1. The quantitative estimate of drug-likeness (QED) is 0.453. The van der Waals surface area contributed by atoms with Crippen molar-refractivity contribution in [3.63, 3.8) is 0 Å². The Balaban J connectivity index is 1.73. The van der Waals surface area contributed by atoms with Gasteiger partial charge in [0.05, 0.1) is 22.7 Å². The van der Waals surface area contributed by atoms with Crippen LogP contribution in [-0.4, -0.2) is 22.3 Å². The van der Waals surface area contributed by atoms with E-state index >= 15 is 0 Å². The molecule has 3 rings (SSSR count). The van der Waals surface area contributed by atoms with E-state index in [1.807, 2.05) is 65.6 Å². The lowest BCUT2D eigenvalue weighted by molar-refractivity contribution is -0.385. The zero-order chi connectivity index (χ0) is 20.6. The first-order chi connectivity index (χ1) is 14.0. The van der Waals surface area contributed by atoms with E-state index < -0.39 is 4.92 Å². The first-order valence-electron chi connectivity index (χ1n) is 9.37. The van der Waals surface area contributed by atoms with Crippen molar-refractivity contribution >= 4 is 17.3 Å². The lowest BCUT2D eigenvalue weighted by Crippen LogP contribution is -2.32. The van der Waals surface area contributed by atoms with Crippen LogP contribution in [0.2, 0.25) is 0 Å². The van der Waals surface area contributed by atoms with Crippen molar-refractivity contribution in [1.29, 1.82) is 0 Å². The number of benzene rings is 3. The highest BCUT2D eigenvalue weighted by Gasteiger charge is 2.17. The largest absolute Gasteiger partial charge is 0.324 e. The molecule has 6 nitrogen and oxygen atoms in total. The van der Waals surface area contributed by atoms with Crippen molar-refractivity contribution in [3.05, 3.63) is 106 Å². The fourth-order valence-electron chi connectivity index (χ4n) is 3.20. The summed E-state index contributed by atoms with van der Waals surface area (Å²) in [6.45, 7) is 3.06. The Morgan fingerprint density at radius 1 is 0.897 bits per heavy atom. The maximum atomic E-state index is 12.7. The van der Waals surface area contributed by atoms with Crippen LogP contribution in [0.4, 0.5) is 11.4 Å². The summed E-state index contributed by atoms with van der Waals surface area (Å²) in [6, 6.07) is 24.6. The summed E-state index contributed by atoms with van der Waals surface area (Å²) in [5.41, 5.74) is 3.13. The van der Waals surface area contributed by atoms with Crippen molar-refractivity contribution in [2.75, 3.05) is 11.9 Å². The standard InChI is InChI=1S/C23H23N3O3/c1-18-21(13-8-14-22(18)26(28)29)24-23(27)17-25(15-19-9-4-2-5-10-19)16-20-11-6-3-7-12-20/h2-14H,15-17H2,1H3,(H,24,27). The smallest absolute Gasteiger partial charge is 0.274 e. The number of amides is 1. The van der Waals surface area contributed by atoms with Crippen molar-refractivity contribution < 1.29 is 9.72 Å². The number of nitrogens with one attached hydrogen (secondary N) is 1. The van der Waals surface area contributed by atoms with Crippen molar-refractivity contribution in [2.24, 2.45) is 0 Å². The molecule has 3 aromatic carbocycles. The third-order valence-corrected chi connectivity index (χ3v) is 4.64. The number of hydrogen-bond donors (Lipinski definition) is 1. The molecule has 0 unspecified atom stereocenters. The summed E-state index contributed by atoms with van der Waals surface area (Å²) < 4.78 is 0. The molecule has 0 bridgehead atoms. The highest BCUT2D eigenvalue weighted by molar-refractivity contribution is 5.93. The molecule has 3 aromatic rings. The first-order valence-corrected chi connectivity index (χ1v) is 9.37. The van der Waals surface area contributed by atoms with Gasteiger partial charge in [0.2, 0.25) is 5.91 Å².